The number of alkyl halides is 1. The van der Waals surface area contributed by atoms with Crippen LogP contribution < -0.4 is 5.73 Å². The molecule has 13 nitrogen and oxygen atoms in total. The van der Waals surface area contributed by atoms with Gasteiger partial charge in [0.1, 0.15) is 17.7 Å². The van der Waals surface area contributed by atoms with E-state index in [0.29, 0.717) is 5.52 Å². The highest BCUT2D eigenvalue weighted by molar-refractivity contribution is 7.18. The lowest BCUT2D eigenvalue weighted by atomic mass is 10.00. The van der Waals surface area contributed by atoms with Crippen LogP contribution in [0.15, 0.2) is 30.6 Å². The van der Waals surface area contributed by atoms with Gasteiger partial charge in [-0.1, -0.05) is 12.1 Å². The van der Waals surface area contributed by atoms with Gasteiger partial charge in [0.05, 0.1) is 28.0 Å². The third-order valence-corrected chi connectivity index (χ3v) is 7.71. The molecule has 2 fully saturated rings. The number of aliphatic hydroxyl groups is 1. The van der Waals surface area contributed by atoms with Crippen molar-refractivity contribution in [1.82, 2.24) is 24.5 Å². The summed E-state index contributed by atoms with van der Waals surface area (Å²) < 4.78 is 28.6. The molecule has 37 heavy (non-hydrogen) atoms. The van der Waals surface area contributed by atoms with E-state index in [1.165, 1.54) is 6.33 Å². The predicted molar refractivity (Wildman–Crippen MR) is 125 cm³/mol. The monoisotopic (exact) mass is 550 g/mol. The number of thiazole rings is 1. The number of nitrogens with zero attached hydrogens (tertiary/aromatic N) is 5. The van der Waals surface area contributed by atoms with Gasteiger partial charge in [-0.3, -0.25) is 4.57 Å². The number of rotatable bonds is 7. The summed E-state index contributed by atoms with van der Waals surface area (Å²) in [7, 11) is 0. The smallest absolute Gasteiger partial charge is 0.348 e. The summed E-state index contributed by atoms with van der Waals surface area (Å²) in [5, 5.41) is 30.8. The molecule has 1 aliphatic carbocycles. The molecule has 1 unspecified atom stereocenters. The molecular formula is C21H16ClFN6O7S. The van der Waals surface area contributed by atoms with Crippen LogP contribution in [0.3, 0.4) is 0 Å². The van der Waals surface area contributed by atoms with Crippen LogP contribution in [0.5, 0.6) is 0 Å². The molecule has 0 spiro atoms. The second kappa shape index (κ2) is 8.00. The lowest BCUT2D eigenvalue weighted by Gasteiger charge is -2.28. The Hall–Kier alpha value is -3.50. The number of imidazole rings is 1. The van der Waals surface area contributed by atoms with Crippen molar-refractivity contribution in [3.8, 4) is 0 Å². The zero-order valence-electron chi connectivity index (χ0n) is 18.4. The number of aromatic nitrogens is 5. The second-order valence-electron chi connectivity index (χ2n) is 8.67. The van der Waals surface area contributed by atoms with Crippen LogP contribution in [0.4, 0.5) is 10.2 Å². The van der Waals surface area contributed by atoms with Crippen molar-refractivity contribution in [2.24, 2.45) is 0 Å². The van der Waals surface area contributed by atoms with Crippen molar-refractivity contribution < 1.29 is 38.8 Å². The van der Waals surface area contributed by atoms with Gasteiger partial charge in [0.15, 0.2) is 29.5 Å². The molecule has 1 saturated carbocycles. The highest BCUT2D eigenvalue weighted by atomic mass is 35.5. The summed E-state index contributed by atoms with van der Waals surface area (Å²) in [6.07, 6.45) is -6.04. The number of benzene rings is 1. The van der Waals surface area contributed by atoms with Gasteiger partial charge in [0.25, 0.3) is 5.60 Å². The molecule has 0 bridgehead atoms. The Bertz CT molecular complexity index is 1550. The Morgan fingerprint density at radius 2 is 2.00 bits per heavy atom. The number of nitrogens with two attached hydrogens (primary N) is 1. The number of ether oxygens (including phenoxy) is 2. The van der Waals surface area contributed by atoms with Crippen LogP contribution in [-0.2, 0) is 25.5 Å². The van der Waals surface area contributed by atoms with E-state index in [0.717, 1.165) is 20.6 Å². The third kappa shape index (κ3) is 3.39. The minimum Gasteiger partial charge on any atom is -0.479 e. The van der Waals surface area contributed by atoms with Gasteiger partial charge < -0.3 is 30.5 Å². The van der Waals surface area contributed by atoms with E-state index in [4.69, 9.17) is 26.8 Å². The summed E-state index contributed by atoms with van der Waals surface area (Å²) in [5.74, 6) is -3.71. The molecule has 192 valence electrons. The first-order valence-corrected chi connectivity index (χ1v) is 11.9. The molecule has 4 heterocycles. The van der Waals surface area contributed by atoms with Crippen LogP contribution in [0.1, 0.15) is 11.2 Å². The number of para-hydroxylation sites is 1. The molecular weight excluding hydrogens is 535 g/mol. The van der Waals surface area contributed by atoms with Crippen LogP contribution >= 0.6 is 22.9 Å². The first-order valence-electron chi connectivity index (χ1n) is 10.7. The standard InChI is InChI=1S/C21H16ClFN6O7S/c22-19-27-14(24)10-15(28-19)29(6-25-10)16-11(23)21(34)12(35-16)13(21)36-20(17(30)31,18(32)33)5-9-26-7-3-1-2-4-8(7)37-9/h1-4,6,11-13,16,34H,5H2,(H,30,31)(H,32,33)(H2,24,27,28)/t11-,12-,13?,16-,21+/m1/s1. The molecule has 5 N–H and O–H groups in total. The number of halogens is 2. The minimum absolute atomic E-state index is 0.0465. The molecule has 1 aromatic carbocycles. The number of carboxylic acid groups (broad SMARTS) is 2. The van der Waals surface area contributed by atoms with E-state index in [9.17, 15) is 24.9 Å². The Balaban J connectivity index is 1.28. The molecule has 1 saturated heterocycles. The number of carboxylic acids is 2. The number of carbonyl (C=O) groups is 2. The highest BCUT2D eigenvalue weighted by Crippen LogP contribution is 2.58. The van der Waals surface area contributed by atoms with Gasteiger partial charge in [-0.25, -0.2) is 23.9 Å². The van der Waals surface area contributed by atoms with Crippen molar-refractivity contribution in [3.05, 3.63) is 40.9 Å². The van der Waals surface area contributed by atoms with Crippen molar-refractivity contribution in [3.63, 3.8) is 0 Å². The molecule has 6 rings (SSSR count). The lowest BCUT2D eigenvalue weighted by Crippen LogP contribution is -2.53. The van der Waals surface area contributed by atoms with Crippen molar-refractivity contribution >= 4 is 62.1 Å². The molecule has 5 atom stereocenters. The number of aliphatic carboxylic acids is 2. The molecule has 1 aliphatic heterocycles. The van der Waals surface area contributed by atoms with Crippen LogP contribution in [0.2, 0.25) is 5.28 Å². The minimum atomic E-state index is -2.85. The Morgan fingerprint density at radius 1 is 1.27 bits per heavy atom. The Labute approximate surface area is 214 Å². The maximum absolute atomic E-state index is 15.6. The van der Waals surface area contributed by atoms with Crippen LogP contribution in [-0.4, -0.2) is 81.3 Å². The van der Waals surface area contributed by atoms with Gasteiger partial charge in [-0.15, -0.1) is 11.3 Å². The fourth-order valence-corrected chi connectivity index (χ4v) is 5.75. The molecule has 0 radical (unpaired) electrons. The topological polar surface area (TPSA) is 196 Å². The Kier molecular flexibility index (Phi) is 5.16. The van der Waals surface area contributed by atoms with E-state index >= 15 is 4.39 Å². The number of hydrogen-bond donors (Lipinski definition) is 4. The molecule has 0 amide bonds. The zero-order chi connectivity index (χ0) is 26.3. The summed E-state index contributed by atoms with van der Waals surface area (Å²) in [6, 6.07) is 6.94. The van der Waals surface area contributed by atoms with E-state index in [1.54, 1.807) is 24.3 Å². The normalized spacial score (nSPS) is 27.0. The van der Waals surface area contributed by atoms with E-state index in [1.807, 2.05) is 0 Å². The van der Waals surface area contributed by atoms with Crippen LogP contribution in [0, 0.1) is 0 Å². The van der Waals surface area contributed by atoms with E-state index in [2.05, 4.69) is 19.9 Å². The number of nitrogen functional groups attached to an aromatic ring is 1. The van der Waals surface area contributed by atoms with Gasteiger partial charge in [-0.2, -0.15) is 9.97 Å². The summed E-state index contributed by atoms with van der Waals surface area (Å²) in [6.45, 7) is 0. The first kappa shape index (κ1) is 23.9. The van der Waals surface area contributed by atoms with Gasteiger partial charge in [0, 0.05) is 0 Å². The number of fused-ring (bicyclic) bond motifs is 3. The summed E-state index contributed by atoms with van der Waals surface area (Å²) >= 11 is 6.95. The molecule has 16 heteroatoms. The quantitative estimate of drug-likeness (QED) is 0.190. The molecule has 4 aromatic rings. The molecule has 3 aromatic heterocycles. The highest BCUT2D eigenvalue weighted by Gasteiger charge is 2.80. The number of anilines is 1. The lowest BCUT2D eigenvalue weighted by molar-refractivity contribution is -0.194. The maximum atomic E-state index is 15.6. The summed E-state index contributed by atoms with van der Waals surface area (Å²) in [4.78, 5) is 40.5. The first-order chi connectivity index (χ1) is 17.6. The fraction of sp³-hybridized carbons (Fsp3) is 0.333. The zero-order valence-corrected chi connectivity index (χ0v) is 19.9. The van der Waals surface area contributed by atoms with Gasteiger partial charge >= 0.3 is 11.9 Å². The maximum Gasteiger partial charge on any atom is 0.348 e. The summed E-state index contributed by atoms with van der Waals surface area (Å²) in [5.41, 5.74) is 1.33. The largest absolute Gasteiger partial charge is 0.479 e. The molecule has 2 aliphatic rings. The average molecular weight is 551 g/mol. The van der Waals surface area contributed by atoms with Crippen molar-refractivity contribution in [2.45, 2.75) is 42.2 Å². The average Bonchev–Trinajstić information content (AvgIpc) is 3.23. The van der Waals surface area contributed by atoms with E-state index < -0.39 is 54.2 Å². The second-order valence-corrected chi connectivity index (χ2v) is 10.1. The predicted octanol–water partition coefficient (Wildman–Crippen LogP) is 1.19. The van der Waals surface area contributed by atoms with Crippen molar-refractivity contribution in [1.29, 1.82) is 0 Å². The third-order valence-electron chi connectivity index (χ3n) is 6.51. The van der Waals surface area contributed by atoms with Gasteiger partial charge in [0.2, 0.25) is 5.28 Å². The van der Waals surface area contributed by atoms with E-state index in [-0.39, 0.29) is 27.3 Å². The van der Waals surface area contributed by atoms with Crippen LogP contribution in [0.25, 0.3) is 21.4 Å². The van der Waals surface area contributed by atoms with Crippen molar-refractivity contribution in [2.75, 3.05) is 5.73 Å². The SMILES string of the molecule is Nc1nc(Cl)nc2c1ncn2[C@@H]1O[C@@H]2C(OC(Cc3nc4ccccc4s3)(C(=O)O)C(=O)O)[C@]2(O)[C@@H]1F. The fourth-order valence-electron chi connectivity index (χ4n) is 4.54. The van der Waals surface area contributed by atoms with Gasteiger partial charge in [-0.05, 0) is 23.7 Å². The Morgan fingerprint density at radius 3 is 2.65 bits per heavy atom. The number of hydrogen-bond acceptors (Lipinski definition) is 11.